The van der Waals surface area contributed by atoms with Gasteiger partial charge in [0.25, 0.3) is 0 Å². The molecular weight excluding hydrogens is 406 g/mol. The van der Waals surface area contributed by atoms with E-state index in [0.29, 0.717) is 16.9 Å². The van der Waals surface area contributed by atoms with Gasteiger partial charge in [0.05, 0.1) is 38.4 Å². The maximum absolute atomic E-state index is 13.0. The van der Waals surface area contributed by atoms with Crippen molar-refractivity contribution in [1.82, 2.24) is 4.90 Å². The van der Waals surface area contributed by atoms with Crippen LogP contribution in [0.15, 0.2) is 47.8 Å². The van der Waals surface area contributed by atoms with Crippen molar-refractivity contribution in [3.63, 3.8) is 0 Å². The van der Waals surface area contributed by atoms with Crippen molar-refractivity contribution in [2.75, 3.05) is 21.3 Å². The minimum absolute atomic E-state index is 0.0351. The molecule has 4 aliphatic carbocycles. The zero-order valence-electron chi connectivity index (χ0n) is 19.0. The molecule has 1 heterocycles. The van der Waals surface area contributed by atoms with Crippen molar-refractivity contribution < 1.29 is 23.8 Å². The Morgan fingerprint density at radius 2 is 1.41 bits per heavy atom. The molecule has 0 atom stereocenters. The normalized spacial score (nSPS) is 31.1. The third-order valence-electron chi connectivity index (χ3n) is 8.00. The van der Waals surface area contributed by atoms with Crippen LogP contribution in [0.3, 0.4) is 0 Å². The summed E-state index contributed by atoms with van der Waals surface area (Å²) in [5.74, 6) is 1.45. The van der Waals surface area contributed by atoms with Gasteiger partial charge in [0.1, 0.15) is 5.75 Å². The molecule has 6 nitrogen and oxygen atoms in total. The van der Waals surface area contributed by atoms with Crippen molar-refractivity contribution in [3.8, 4) is 5.75 Å². The van der Waals surface area contributed by atoms with E-state index in [4.69, 9.17) is 14.2 Å². The molecule has 0 unspecified atom stereocenters. The van der Waals surface area contributed by atoms with Gasteiger partial charge in [0.2, 0.25) is 0 Å². The maximum Gasteiger partial charge on any atom is 0.336 e. The SMILES string of the molecule is COC(=O)C1=CN(C23CC4CC(CC(C4)C2)C3)C=C(C(=O)OC)C1c1cccc(OC)c1. The van der Waals surface area contributed by atoms with Crippen molar-refractivity contribution in [2.45, 2.75) is 50.0 Å². The number of rotatable bonds is 5. The lowest BCUT2D eigenvalue weighted by Crippen LogP contribution is -2.57. The van der Waals surface area contributed by atoms with E-state index in [1.54, 1.807) is 7.11 Å². The van der Waals surface area contributed by atoms with Gasteiger partial charge in [-0.15, -0.1) is 0 Å². The number of nitrogens with zero attached hydrogens (tertiary/aromatic N) is 1. The summed E-state index contributed by atoms with van der Waals surface area (Å²) in [5, 5.41) is 0. The van der Waals surface area contributed by atoms with Crippen LogP contribution in [0, 0.1) is 17.8 Å². The molecule has 170 valence electrons. The van der Waals surface area contributed by atoms with Crippen molar-refractivity contribution >= 4 is 11.9 Å². The van der Waals surface area contributed by atoms with Crippen LogP contribution in [0.1, 0.15) is 50.0 Å². The number of carbonyl (C=O) groups excluding carboxylic acids is 2. The predicted molar refractivity (Wildman–Crippen MR) is 119 cm³/mol. The summed E-state index contributed by atoms with van der Waals surface area (Å²) in [6.45, 7) is 0. The molecule has 0 saturated heterocycles. The van der Waals surface area contributed by atoms with E-state index < -0.39 is 17.9 Å². The van der Waals surface area contributed by atoms with Gasteiger partial charge in [0, 0.05) is 17.9 Å². The molecule has 4 fully saturated rings. The van der Waals surface area contributed by atoms with Crippen molar-refractivity contribution in [1.29, 1.82) is 0 Å². The minimum Gasteiger partial charge on any atom is -0.497 e. The third-order valence-corrected chi connectivity index (χ3v) is 8.00. The van der Waals surface area contributed by atoms with E-state index in [0.717, 1.165) is 42.6 Å². The summed E-state index contributed by atoms with van der Waals surface area (Å²) in [7, 11) is 4.37. The van der Waals surface area contributed by atoms with Crippen LogP contribution in [0.2, 0.25) is 0 Å². The fraction of sp³-hybridized carbons (Fsp3) is 0.538. The van der Waals surface area contributed by atoms with Crippen LogP contribution in [0.25, 0.3) is 0 Å². The van der Waals surface area contributed by atoms with Gasteiger partial charge in [0.15, 0.2) is 0 Å². The molecule has 1 aromatic rings. The smallest absolute Gasteiger partial charge is 0.336 e. The first-order valence-electron chi connectivity index (χ1n) is 11.5. The Morgan fingerprint density at radius 1 is 0.875 bits per heavy atom. The van der Waals surface area contributed by atoms with E-state index >= 15 is 0 Å². The maximum atomic E-state index is 13.0. The second-order valence-electron chi connectivity index (χ2n) is 9.91. The monoisotopic (exact) mass is 437 g/mol. The van der Waals surface area contributed by atoms with Crippen LogP contribution in [-0.4, -0.2) is 43.7 Å². The molecule has 6 rings (SSSR count). The first-order valence-corrected chi connectivity index (χ1v) is 11.5. The average Bonchev–Trinajstić information content (AvgIpc) is 2.81. The number of methoxy groups -OCH3 is 3. The molecule has 6 heteroatoms. The van der Waals surface area contributed by atoms with Gasteiger partial charge >= 0.3 is 11.9 Å². The second kappa shape index (κ2) is 7.98. The summed E-state index contributed by atoms with van der Waals surface area (Å²) in [4.78, 5) is 28.2. The molecule has 0 amide bonds. The zero-order valence-corrected chi connectivity index (χ0v) is 19.0. The number of hydrogen-bond acceptors (Lipinski definition) is 6. The lowest BCUT2D eigenvalue weighted by atomic mass is 9.52. The van der Waals surface area contributed by atoms with E-state index in [1.807, 2.05) is 36.7 Å². The fourth-order valence-electron chi connectivity index (χ4n) is 7.07. The molecular formula is C26H31NO5. The third kappa shape index (κ3) is 3.40. The quantitative estimate of drug-likeness (QED) is 0.644. The first kappa shape index (κ1) is 21.1. The highest BCUT2D eigenvalue weighted by Gasteiger charge is 2.54. The van der Waals surface area contributed by atoms with E-state index in [1.165, 1.54) is 33.5 Å². The van der Waals surface area contributed by atoms with E-state index in [9.17, 15) is 9.59 Å². The predicted octanol–water partition coefficient (Wildman–Crippen LogP) is 4.18. The lowest BCUT2D eigenvalue weighted by molar-refractivity contribution is -0.137. The molecule has 0 N–H and O–H groups in total. The molecule has 1 aliphatic heterocycles. The Hall–Kier alpha value is -2.76. The van der Waals surface area contributed by atoms with Gasteiger partial charge < -0.3 is 19.1 Å². The standard InChI is InChI=1S/C26H31NO5/c1-30-20-6-4-5-19(10-20)23-21(24(28)31-2)14-27(15-22(23)25(29)32-3)26-11-16-7-17(12-26)9-18(8-16)13-26/h4-6,10,14-18,23H,7-9,11-13H2,1-3H3. The summed E-state index contributed by atoms with van der Waals surface area (Å²) >= 11 is 0. The van der Waals surface area contributed by atoms with Crippen LogP contribution in [-0.2, 0) is 19.1 Å². The van der Waals surface area contributed by atoms with Gasteiger partial charge in [-0.25, -0.2) is 9.59 Å². The van der Waals surface area contributed by atoms with Gasteiger partial charge in [-0.05, 0) is 74.0 Å². The fourth-order valence-corrected chi connectivity index (χ4v) is 7.07. The Balaban J connectivity index is 1.62. The Bertz CT molecular complexity index is 924. The van der Waals surface area contributed by atoms with Crippen LogP contribution >= 0.6 is 0 Å². The minimum atomic E-state index is -0.574. The van der Waals surface area contributed by atoms with Crippen molar-refractivity contribution in [2.24, 2.45) is 17.8 Å². The summed E-state index contributed by atoms with van der Waals surface area (Å²) < 4.78 is 15.8. The van der Waals surface area contributed by atoms with Crippen LogP contribution in [0.5, 0.6) is 5.75 Å². The number of benzene rings is 1. The largest absolute Gasteiger partial charge is 0.497 e. The van der Waals surface area contributed by atoms with Gasteiger partial charge in [-0.2, -0.15) is 0 Å². The highest BCUT2D eigenvalue weighted by Crippen LogP contribution is 2.59. The molecule has 5 aliphatic rings. The lowest BCUT2D eigenvalue weighted by Gasteiger charge is -2.60. The molecule has 4 bridgehead atoms. The Labute approximate surface area is 189 Å². The Kier molecular flexibility index (Phi) is 5.26. The molecule has 0 radical (unpaired) electrons. The first-order chi connectivity index (χ1) is 15.5. The van der Waals surface area contributed by atoms with Gasteiger partial charge in [-0.3, -0.25) is 0 Å². The zero-order chi connectivity index (χ0) is 22.5. The van der Waals surface area contributed by atoms with Gasteiger partial charge in [-0.1, -0.05) is 12.1 Å². The topological polar surface area (TPSA) is 65.1 Å². The van der Waals surface area contributed by atoms with E-state index in [-0.39, 0.29) is 5.54 Å². The summed E-state index contributed by atoms with van der Waals surface area (Å²) in [5.41, 5.74) is 1.67. The number of ether oxygens (including phenoxy) is 3. The molecule has 1 aromatic carbocycles. The van der Waals surface area contributed by atoms with Crippen molar-refractivity contribution in [3.05, 3.63) is 53.4 Å². The highest BCUT2D eigenvalue weighted by atomic mass is 16.5. The molecule has 4 saturated carbocycles. The Morgan fingerprint density at radius 3 is 1.88 bits per heavy atom. The average molecular weight is 438 g/mol. The van der Waals surface area contributed by atoms with E-state index in [2.05, 4.69) is 4.90 Å². The molecule has 32 heavy (non-hydrogen) atoms. The summed E-state index contributed by atoms with van der Waals surface area (Å²) in [6, 6.07) is 7.47. The highest BCUT2D eigenvalue weighted by molar-refractivity contribution is 5.98. The van der Waals surface area contributed by atoms with Crippen LogP contribution in [0.4, 0.5) is 0 Å². The molecule has 0 aromatic heterocycles. The van der Waals surface area contributed by atoms with Crippen LogP contribution < -0.4 is 4.74 Å². The second-order valence-corrected chi connectivity index (χ2v) is 9.91. The number of carbonyl (C=O) groups is 2. The summed E-state index contributed by atoms with van der Waals surface area (Å²) in [6.07, 6.45) is 11.2. The number of hydrogen-bond donors (Lipinski definition) is 0. The molecule has 0 spiro atoms. The number of esters is 2.